The Morgan fingerprint density at radius 1 is 0.935 bits per heavy atom. The Balaban J connectivity index is 1.47. The fourth-order valence-electron chi connectivity index (χ4n) is 4.21. The van der Waals surface area contributed by atoms with Crippen LogP contribution in [-0.4, -0.2) is 40.1 Å². The molecule has 2 aromatic rings. The van der Waals surface area contributed by atoms with E-state index in [-0.39, 0.29) is 47.7 Å². The fourth-order valence-corrected chi connectivity index (χ4v) is 4.21. The van der Waals surface area contributed by atoms with Gasteiger partial charge in [-0.2, -0.15) is 0 Å². The van der Waals surface area contributed by atoms with E-state index >= 15 is 0 Å². The van der Waals surface area contributed by atoms with E-state index in [1.54, 1.807) is 18.2 Å². The lowest BCUT2D eigenvalue weighted by Crippen LogP contribution is -2.47. The van der Waals surface area contributed by atoms with Crippen LogP contribution in [-0.2, 0) is 22.4 Å². The second kappa shape index (κ2) is 8.38. The van der Waals surface area contributed by atoms with E-state index < -0.39 is 17.9 Å². The van der Waals surface area contributed by atoms with Crippen LogP contribution in [0.25, 0.3) is 0 Å². The molecule has 31 heavy (non-hydrogen) atoms. The van der Waals surface area contributed by atoms with Crippen LogP contribution < -0.4 is 0 Å². The number of aryl methyl sites for hydroxylation is 2. The number of amides is 2. The highest BCUT2D eigenvalue weighted by Gasteiger charge is 2.44. The Labute approximate surface area is 180 Å². The summed E-state index contributed by atoms with van der Waals surface area (Å²) in [5, 5.41) is 0. The van der Waals surface area contributed by atoms with Gasteiger partial charge in [-0.15, -0.1) is 0 Å². The normalized spacial score (nSPS) is 18.5. The smallest absolute Gasteiger partial charge is 0.262 e. The van der Waals surface area contributed by atoms with Crippen molar-refractivity contribution in [2.24, 2.45) is 0 Å². The van der Waals surface area contributed by atoms with Crippen molar-refractivity contribution in [3.63, 3.8) is 0 Å². The van der Waals surface area contributed by atoms with Gasteiger partial charge in [0.25, 0.3) is 11.8 Å². The number of fused-ring (bicyclic) bond motifs is 1. The third-order valence-corrected chi connectivity index (χ3v) is 6.06. The number of hydrogen-bond acceptors (Lipinski definition) is 5. The summed E-state index contributed by atoms with van der Waals surface area (Å²) in [5.41, 5.74) is 3.13. The van der Waals surface area contributed by atoms with Crippen molar-refractivity contribution >= 4 is 29.2 Å². The van der Waals surface area contributed by atoms with Crippen molar-refractivity contribution in [2.45, 2.75) is 51.5 Å². The standard InChI is InChI=1S/C25H23NO5/c1-2-15-3-7-17(8-4-15)22(28)12-6-16-5-10-19-20(13-16)25(31)26(24(19)30)21-11-9-18(27)14-23(21)29/h3-5,7-8,10,13,21H,2,6,9,11-12,14H2,1H3. The Hall–Kier alpha value is -3.41. The number of Topliss-reactive ketones (excluding diaryl/α,β-unsaturated/α-hetero) is 3. The van der Waals surface area contributed by atoms with E-state index in [0.29, 0.717) is 18.4 Å². The molecule has 0 N–H and O–H groups in total. The number of rotatable bonds is 6. The quantitative estimate of drug-likeness (QED) is 0.409. The van der Waals surface area contributed by atoms with Crippen molar-refractivity contribution in [1.82, 2.24) is 4.90 Å². The van der Waals surface area contributed by atoms with Gasteiger partial charge in [0, 0.05) is 18.4 Å². The van der Waals surface area contributed by atoms with Crippen LogP contribution in [0.4, 0.5) is 0 Å². The Bertz CT molecular complexity index is 1100. The molecule has 2 aliphatic rings. The van der Waals surface area contributed by atoms with Crippen LogP contribution in [0.2, 0.25) is 0 Å². The van der Waals surface area contributed by atoms with E-state index in [0.717, 1.165) is 16.9 Å². The molecule has 1 unspecified atom stereocenters. The summed E-state index contributed by atoms with van der Waals surface area (Å²) in [5.74, 6) is -1.52. The molecule has 2 amide bonds. The first-order valence-electron chi connectivity index (χ1n) is 10.6. The van der Waals surface area contributed by atoms with Gasteiger partial charge in [0.15, 0.2) is 11.6 Å². The summed E-state index contributed by atoms with van der Waals surface area (Å²) in [7, 11) is 0. The first-order valence-corrected chi connectivity index (χ1v) is 10.6. The summed E-state index contributed by atoms with van der Waals surface area (Å²) in [4.78, 5) is 62.9. The van der Waals surface area contributed by atoms with Gasteiger partial charge in [0.05, 0.1) is 23.6 Å². The molecule has 0 bridgehead atoms. The van der Waals surface area contributed by atoms with Crippen molar-refractivity contribution in [3.05, 3.63) is 70.3 Å². The summed E-state index contributed by atoms with van der Waals surface area (Å²) >= 11 is 0. The minimum atomic E-state index is -0.874. The largest absolute Gasteiger partial charge is 0.299 e. The monoisotopic (exact) mass is 417 g/mol. The minimum Gasteiger partial charge on any atom is -0.299 e. The number of carbonyl (C=O) groups excluding carboxylic acids is 5. The summed E-state index contributed by atoms with van der Waals surface area (Å²) < 4.78 is 0. The highest BCUT2D eigenvalue weighted by Crippen LogP contribution is 2.30. The van der Waals surface area contributed by atoms with Gasteiger partial charge in [-0.1, -0.05) is 37.3 Å². The molecule has 1 aliphatic carbocycles. The highest BCUT2D eigenvalue weighted by molar-refractivity contribution is 6.23. The molecule has 2 aromatic carbocycles. The van der Waals surface area contributed by atoms with E-state index in [1.807, 2.05) is 24.3 Å². The predicted molar refractivity (Wildman–Crippen MR) is 113 cm³/mol. The van der Waals surface area contributed by atoms with Gasteiger partial charge in [-0.25, -0.2) is 0 Å². The SMILES string of the molecule is CCc1ccc(C(=O)CCc2ccc3c(c2)C(=O)N(C2CCC(=O)CC2=O)C3=O)cc1. The lowest BCUT2D eigenvalue weighted by molar-refractivity contribution is -0.132. The van der Waals surface area contributed by atoms with Gasteiger partial charge in [0.2, 0.25) is 0 Å². The lowest BCUT2D eigenvalue weighted by atomic mass is 9.92. The van der Waals surface area contributed by atoms with Crippen LogP contribution >= 0.6 is 0 Å². The first kappa shape index (κ1) is 20.8. The van der Waals surface area contributed by atoms with Crippen molar-refractivity contribution in [1.29, 1.82) is 0 Å². The molecule has 0 saturated heterocycles. The maximum absolute atomic E-state index is 12.9. The van der Waals surface area contributed by atoms with E-state index in [4.69, 9.17) is 0 Å². The van der Waals surface area contributed by atoms with Crippen LogP contribution in [0.15, 0.2) is 42.5 Å². The molecular formula is C25H23NO5. The van der Waals surface area contributed by atoms with E-state index in [9.17, 15) is 24.0 Å². The van der Waals surface area contributed by atoms with E-state index in [2.05, 4.69) is 6.92 Å². The molecular weight excluding hydrogens is 394 g/mol. The maximum Gasteiger partial charge on any atom is 0.262 e. The Kier molecular flexibility index (Phi) is 5.63. The van der Waals surface area contributed by atoms with Gasteiger partial charge < -0.3 is 0 Å². The third-order valence-electron chi connectivity index (χ3n) is 6.06. The molecule has 0 radical (unpaired) electrons. The van der Waals surface area contributed by atoms with Crippen LogP contribution in [0.5, 0.6) is 0 Å². The topological polar surface area (TPSA) is 88.6 Å². The molecule has 1 saturated carbocycles. The first-order chi connectivity index (χ1) is 14.9. The molecule has 4 rings (SSSR count). The Morgan fingerprint density at radius 3 is 2.29 bits per heavy atom. The highest BCUT2D eigenvalue weighted by atomic mass is 16.2. The second-order valence-electron chi connectivity index (χ2n) is 8.07. The summed E-state index contributed by atoms with van der Waals surface area (Å²) in [6.07, 6.45) is 1.79. The van der Waals surface area contributed by atoms with E-state index in [1.165, 1.54) is 5.56 Å². The van der Waals surface area contributed by atoms with Crippen molar-refractivity contribution in [3.8, 4) is 0 Å². The second-order valence-corrected chi connectivity index (χ2v) is 8.07. The van der Waals surface area contributed by atoms with Gasteiger partial charge in [0.1, 0.15) is 5.78 Å². The maximum atomic E-state index is 12.9. The zero-order valence-electron chi connectivity index (χ0n) is 17.3. The zero-order chi connectivity index (χ0) is 22.1. The summed E-state index contributed by atoms with van der Waals surface area (Å²) in [6.45, 7) is 2.06. The number of benzene rings is 2. The van der Waals surface area contributed by atoms with Crippen LogP contribution in [0.1, 0.15) is 74.8 Å². The average molecular weight is 417 g/mol. The summed E-state index contributed by atoms with van der Waals surface area (Å²) in [6, 6.07) is 11.6. The predicted octanol–water partition coefficient (Wildman–Crippen LogP) is 3.35. The average Bonchev–Trinajstić information content (AvgIpc) is 3.02. The fraction of sp³-hybridized carbons (Fsp3) is 0.320. The van der Waals surface area contributed by atoms with Crippen molar-refractivity contribution in [2.75, 3.05) is 0 Å². The molecule has 1 heterocycles. The molecule has 1 atom stereocenters. The van der Waals surface area contributed by atoms with Gasteiger partial charge in [-0.3, -0.25) is 28.9 Å². The number of hydrogen-bond donors (Lipinski definition) is 0. The van der Waals surface area contributed by atoms with Gasteiger partial charge >= 0.3 is 0 Å². The van der Waals surface area contributed by atoms with Crippen LogP contribution in [0, 0.1) is 0 Å². The molecule has 1 aliphatic heterocycles. The molecule has 0 aromatic heterocycles. The van der Waals surface area contributed by atoms with Crippen LogP contribution in [0.3, 0.4) is 0 Å². The lowest BCUT2D eigenvalue weighted by Gasteiger charge is -2.27. The number of ketones is 3. The third kappa shape index (κ3) is 3.98. The Morgan fingerprint density at radius 2 is 1.61 bits per heavy atom. The molecule has 6 heteroatoms. The number of carbonyl (C=O) groups is 5. The number of imide groups is 1. The van der Waals surface area contributed by atoms with Crippen molar-refractivity contribution < 1.29 is 24.0 Å². The molecule has 6 nitrogen and oxygen atoms in total. The number of nitrogens with zero attached hydrogens (tertiary/aromatic N) is 1. The molecule has 1 fully saturated rings. The molecule has 158 valence electrons. The zero-order valence-corrected chi connectivity index (χ0v) is 17.3. The van der Waals surface area contributed by atoms with Gasteiger partial charge in [-0.05, 0) is 42.5 Å². The molecule has 0 spiro atoms. The minimum absolute atomic E-state index is 0.0182.